The highest BCUT2D eigenvalue weighted by Crippen LogP contribution is 2.34. The minimum Gasteiger partial charge on any atom is -0.476 e. The molecule has 150 valence electrons. The molecule has 0 radical (unpaired) electrons. The first-order chi connectivity index (χ1) is 13.0. The Hall–Kier alpha value is -1.86. The molecule has 2 aliphatic rings. The summed E-state index contributed by atoms with van der Waals surface area (Å²) in [5, 5.41) is 12.4. The number of methoxy groups -OCH3 is 1. The summed E-state index contributed by atoms with van der Waals surface area (Å²) in [6.07, 6.45) is 3.33. The molecule has 1 unspecified atom stereocenters. The summed E-state index contributed by atoms with van der Waals surface area (Å²) in [6.45, 7) is 6.27. The number of nitrogens with one attached hydrogen (secondary N) is 1. The third-order valence-corrected chi connectivity index (χ3v) is 5.06. The highest BCUT2D eigenvalue weighted by Gasteiger charge is 2.31. The van der Waals surface area contributed by atoms with E-state index < -0.39 is 0 Å². The number of pyridine rings is 1. The van der Waals surface area contributed by atoms with Crippen molar-refractivity contribution in [2.24, 2.45) is 11.8 Å². The van der Waals surface area contributed by atoms with Crippen molar-refractivity contribution in [3.05, 3.63) is 17.8 Å². The highest BCUT2D eigenvalue weighted by atomic mass is 16.5. The van der Waals surface area contributed by atoms with E-state index in [1.165, 1.54) is 12.8 Å². The van der Waals surface area contributed by atoms with Gasteiger partial charge in [0.1, 0.15) is 11.4 Å². The van der Waals surface area contributed by atoms with Crippen LogP contribution in [0.3, 0.4) is 0 Å². The first-order valence-corrected chi connectivity index (χ1v) is 9.83. The van der Waals surface area contributed by atoms with E-state index in [9.17, 15) is 9.90 Å². The molecule has 1 amide bonds. The van der Waals surface area contributed by atoms with E-state index in [1.807, 2.05) is 6.07 Å². The third kappa shape index (κ3) is 5.32. The molecule has 0 spiro atoms. The lowest BCUT2D eigenvalue weighted by Crippen LogP contribution is -2.52. The Labute approximate surface area is 161 Å². The van der Waals surface area contributed by atoms with Gasteiger partial charge in [-0.1, -0.05) is 13.8 Å². The van der Waals surface area contributed by atoms with Gasteiger partial charge in [0.15, 0.2) is 0 Å². The Morgan fingerprint density at radius 3 is 2.70 bits per heavy atom. The van der Waals surface area contributed by atoms with Gasteiger partial charge in [-0.05, 0) is 43.2 Å². The van der Waals surface area contributed by atoms with Crippen LogP contribution >= 0.6 is 0 Å². The lowest BCUT2D eigenvalue weighted by molar-refractivity contribution is 0.0782. The Balaban J connectivity index is 1.71. The van der Waals surface area contributed by atoms with Crippen LogP contribution in [-0.4, -0.2) is 61.6 Å². The minimum absolute atomic E-state index is 0.0841. The lowest BCUT2D eigenvalue weighted by Gasteiger charge is -2.40. The highest BCUT2D eigenvalue weighted by molar-refractivity contribution is 5.93. The number of hydrogen-bond donors (Lipinski definition) is 2. The molecule has 3 rings (SSSR count). The van der Waals surface area contributed by atoms with Crippen LogP contribution in [0.4, 0.5) is 5.69 Å². The van der Waals surface area contributed by atoms with Crippen LogP contribution in [-0.2, 0) is 4.74 Å². The first-order valence-electron chi connectivity index (χ1n) is 9.83. The fourth-order valence-electron chi connectivity index (χ4n) is 3.18. The number of carbonyl (C=O) groups excluding carboxylic acids is 1. The van der Waals surface area contributed by atoms with E-state index in [2.05, 4.69) is 29.0 Å². The Morgan fingerprint density at radius 1 is 1.37 bits per heavy atom. The molecule has 1 saturated carbocycles. The van der Waals surface area contributed by atoms with Crippen LogP contribution in [0, 0.1) is 11.8 Å². The van der Waals surface area contributed by atoms with Crippen LogP contribution in [0.5, 0.6) is 5.88 Å². The number of hydrogen-bond acceptors (Lipinski definition) is 6. The van der Waals surface area contributed by atoms with Crippen LogP contribution in [0.2, 0.25) is 0 Å². The van der Waals surface area contributed by atoms with Crippen molar-refractivity contribution in [1.29, 1.82) is 0 Å². The summed E-state index contributed by atoms with van der Waals surface area (Å²) < 4.78 is 11.3. The van der Waals surface area contributed by atoms with Crippen LogP contribution in [0.1, 0.15) is 43.6 Å². The van der Waals surface area contributed by atoms with Crippen LogP contribution in [0.25, 0.3) is 0 Å². The van der Waals surface area contributed by atoms with Gasteiger partial charge in [0.2, 0.25) is 5.88 Å². The van der Waals surface area contributed by atoms with Crippen molar-refractivity contribution in [1.82, 2.24) is 10.3 Å². The number of aliphatic hydroxyl groups excluding tert-OH is 1. The maximum Gasteiger partial charge on any atom is 0.270 e. The smallest absolute Gasteiger partial charge is 0.270 e. The molecule has 2 N–H and O–H groups in total. The Bertz CT molecular complexity index is 642. The van der Waals surface area contributed by atoms with Crippen molar-refractivity contribution in [2.75, 3.05) is 38.3 Å². The van der Waals surface area contributed by atoms with Gasteiger partial charge < -0.3 is 24.8 Å². The van der Waals surface area contributed by atoms with Crippen molar-refractivity contribution in [2.45, 2.75) is 45.3 Å². The predicted octanol–water partition coefficient (Wildman–Crippen LogP) is 1.84. The molecule has 0 aromatic carbocycles. The second-order valence-electron chi connectivity index (χ2n) is 8.02. The lowest BCUT2D eigenvalue weighted by atomic mass is 10.0. The molecule has 2 heterocycles. The molecule has 1 atom stereocenters. The summed E-state index contributed by atoms with van der Waals surface area (Å²) in [7, 11) is 1.72. The van der Waals surface area contributed by atoms with E-state index in [0.29, 0.717) is 30.0 Å². The van der Waals surface area contributed by atoms with Gasteiger partial charge in [0.25, 0.3) is 5.91 Å². The summed E-state index contributed by atoms with van der Waals surface area (Å²) in [4.78, 5) is 19.2. The summed E-state index contributed by atoms with van der Waals surface area (Å²) >= 11 is 0. The molecule has 2 fully saturated rings. The zero-order valence-electron chi connectivity index (χ0n) is 16.5. The average molecular weight is 377 g/mol. The molecule has 1 aliphatic carbocycles. The van der Waals surface area contributed by atoms with Gasteiger partial charge in [-0.15, -0.1) is 0 Å². The zero-order chi connectivity index (χ0) is 19.4. The van der Waals surface area contributed by atoms with Crippen molar-refractivity contribution >= 4 is 11.6 Å². The second-order valence-corrected chi connectivity index (χ2v) is 8.02. The summed E-state index contributed by atoms with van der Waals surface area (Å²) in [5.74, 6) is 1.21. The normalized spacial score (nSPS) is 18.3. The Kier molecular flexibility index (Phi) is 6.55. The fraction of sp³-hybridized carbons (Fsp3) is 0.700. The monoisotopic (exact) mass is 377 g/mol. The van der Waals surface area contributed by atoms with E-state index in [0.717, 1.165) is 25.2 Å². The molecule has 1 aliphatic heterocycles. The first kappa shape index (κ1) is 19.9. The van der Waals surface area contributed by atoms with Gasteiger partial charge in [-0.2, -0.15) is 0 Å². The number of carbonyl (C=O) groups is 1. The van der Waals surface area contributed by atoms with E-state index in [1.54, 1.807) is 13.2 Å². The summed E-state index contributed by atoms with van der Waals surface area (Å²) in [6, 6.07) is 3.35. The fourth-order valence-corrected chi connectivity index (χ4v) is 3.18. The van der Waals surface area contributed by atoms with E-state index in [-0.39, 0.29) is 24.7 Å². The van der Waals surface area contributed by atoms with Gasteiger partial charge in [-0.3, -0.25) is 4.79 Å². The van der Waals surface area contributed by atoms with Gasteiger partial charge >= 0.3 is 0 Å². The Morgan fingerprint density at radius 2 is 2.11 bits per heavy atom. The standard InChI is InChI=1S/C20H31N3O4/c1-13(2)8-15(11-24)21-19(25)17-6-7-18(23-9-16(10-23)26-3)20(22-17)27-12-14-4-5-14/h6-7,13-16,24H,4-5,8-12H2,1-3H3,(H,21,25). The molecule has 1 aromatic rings. The number of anilines is 1. The maximum atomic E-state index is 12.6. The molecular formula is C20H31N3O4. The number of aromatic nitrogens is 1. The third-order valence-electron chi connectivity index (χ3n) is 5.06. The molecule has 7 nitrogen and oxygen atoms in total. The van der Waals surface area contributed by atoms with Crippen LogP contribution < -0.4 is 15.0 Å². The number of rotatable bonds is 10. The van der Waals surface area contributed by atoms with E-state index in [4.69, 9.17) is 9.47 Å². The number of ether oxygens (including phenoxy) is 2. The maximum absolute atomic E-state index is 12.6. The predicted molar refractivity (Wildman–Crippen MR) is 103 cm³/mol. The van der Waals surface area contributed by atoms with Crippen molar-refractivity contribution in [3.63, 3.8) is 0 Å². The van der Waals surface area contributed by atoms with Gasteiger partial charge in [-0.25, -0.2) is 4.98 Å². The SMILES string of the molecule is COC1CN(c2ccc(C(=O)NC(CO)CC(C)C)nc2OCC2CC2)C1. The molecule has 1 saturated heterocycles. The zero-order valence-corrected chi connectivity index (χ0v) is 16.5. The molecule has 0 bridgehead atoms. The van der Waals surface area contributed by atoms with E-state index >= 15 is 0 Å². The van der Waals surface area contributed by atoms with Crippen molar-refractivity contribution < 1.29 is 19.4 Å². The second kappa shape index (κ2) is 8.89. The van der Waals surface area contributed by atoms with Gasteiger partial charge in [0, 0.05) is 20.2 Å². The van der Waals surface area contributed by atoms with Crippen LogP contribution in [0.15, 0.2) is 12.1 Å². The molecule has 7 heteroatoms. The van der Waals surface area contributed by atoms with Crippen molar-refractivity contribution in [3.8, 4) is 5.88 Å². The topological polar surface area (TPSA) is 83.9 Å². The number of amides is 1. The molecular weight excluding hydrogens is 346 g/mol. The van der Waals surface area contributed by atoms with Gasteiger partial charge in [0.05, 0.1) is 25.4 Å². The quantitative estimate of drug-likeness (QED) is 0.647. The number of nitrogens with zero attached hydrogens (tertiary/aromatic N) is 2. The summed E-state index contributed by atoms with van der Waals surface area (Å²) in [5.41, 5.74) is 1.22. The number of aliphatic hydroxyl groups is 1. The molecule has 27 heavy (non-hydrogen) atoms. The largest absolute Gasteiger partial charge is 0.476 e. The average Bonchev–Trinajstić information content (AvgIpc) is 3.43. The minimum atomic E-state index is -0.282. The molecule has 1 aromatic heterocycles.